The number of nitrogens with two attached hydrogens (primary N) is 1. The van der Waals surface area contributed by atoms with Crippen molar-refractivity contribution in [2.75, 3.05) is 52.2 Å². The Bertz CT molecular complexity index is 1530. The Hall–Kier alpha value is -4.09. The van der Waals surface area contributed by atoms with E-state index >= 15 is 0 Å². The first kappa shape index (κ1) is 29.0. The van der Waals surface area contributed by atoms with E-state index in [2.05, 4.69) is 80.8 Å². The minimum absolute atomic E-state index is 0.172. The lowest BCUT2D eigenvalue weighted by Crippen LogP contribution is -2.44. The molecule has 2 unspecified atom stereocenters. The van der Waals surface area contributed by atoms with Gasteiger partial charge in [0, 0.05) is 63.3 Å². The Morgan fingerprint density at radius 2 is 1.63 bits per heavy atom. The van der Waals surface area contributed by atoms with E-state index in [1.165, 1.54) is 16.7 Å². The lowest BCUT2D eigenvalue weighted by Gasteiger charge is -2.32. The van der Waals surface area contributed by atoms with Crippen LogP contribution in [0.25, 0.3) is 22.3 Å². The lowest BCUT2D eigenvalue weighted by atomic mass is 10.0. The highest BCUT2D eigenvalue weighted by Crippen LogP contribution is 2.24. The molecule has 3 N–H and O–H groups in total. The number of pyridine rings is 1. The van der Waals surface area contributed by atoms with Crippen molar-refractivity contribution in [2.45, 2.75) is 25.3 Å². The topological polar surface area (TPSA) is 111 Å². The summed E-state index contributed by atoms with van der Waals surface area (Å²) in [6, 6.07) is 18.8. The summed E-state index contributed by atoms with van der Waals surface area (Å²) in [5.74, 6) is -0.134. The fourth-order valence-corrected chi connectivity index (χ4v) is 5.53. The molecule has 0 bridgehead atoms. The maximum atomic E-state index is 13.2. The predicted molar refractivity (Wildman–Crippen MR) is 166 cm³/mol. The van der Waals surface area contributed by atoms with Crippen LogP contribution in [0.4, 0.5) is 5.82 Å². The van der Waals surface area contributed by atoms with E-state index in [4.69, 9.17) is 15.2 Å². The van der Waals surface area contributed by atoms with Crippen LogP contribution < -0.4 is 11.1 Å². The molecular weight excluding hydrogens is 542 g/mol. The minimum Gasteiger partial charge on any atom is -0.383 e. The fourth-order valence-electron chi connectivity index (χ4n) is 5.53. The van der Waals surface area contributed by atoms with Gasteiger partial charge in [-0.1, -0.05) is 48.5 Å². The smallest absolute Gasteiger partial charge is 0.255 e. The number of amides is 1. The summed E-state index contributed by atoms with van der Waals surface area (Å²) >= 11 is 0. The second-order valence-corrected chi connectivity index (χ2v) is 11.5. The van der Waals surface area contributed by atoms with Gasteiger partial charge in [0.25, 0.3) is 5.91 Å². The first-order valence-corrected chi connectivity index (χ1v) is 14.8. The van der Waals surface area contributed by atoms with Crippen LogP contribution in [0, 0.1) is 0 Å². The zero-order valence-electron chi connectivity index (χ0n) is 24.8. The van der Waals surface area contributed by atoms with Crippen molar-refractivity contribution < 1.29 is 14.3 Å². The maximum absolute atomic E-state index is 13.2. The Morgan fingerprint density at radius 1 is 0.930 bits per heavy atom. The average Bonchev–Trinajstić information content (AvgIpc) is 3.66. The number of ether oxygens (including phenoxy) is 2. The number of likely N-dealkylation sites (N-methyl/N-ethyl adjacent to an activating group) is 1. The van der Waals surface area contributed by atoms with Gasteiger partial charge in [-0.3, -0.25) is 14.4 Å². The first-order valence-electron chi connectivity index (χ1n) is 14.8. The molecule has 0 radical (unpaired) electrons. The van der Waals surface area contributed by atoms with Gasteiger partial charge in [0.15, 0.2) is 0 Å². The standard InChI is InChI=1S/C33H39N7O3/c1-38-11-13-40(14-12-38)18-23-3-7-25(8-4-23)26-9-5-24(6-10-26)20-43-31-22-42-21-30(31)37-33(41)29-15-27(16-35-32(29)34)28-17-36-39(2)19-28/h3-10,15-17,19,30-31H,11-14,18,20-22H2,1-2H3,(H2,34,35)(H,37,41). The molecule has 10 nitrogen and oxygen atoms in total. The quantitative estimate of drug-likeness (QED) is 0.310. The Kier molecular flexibility index (Phi) is 8.80. The summed E-state index contributed by atoms with van der Waals surface area (Å²) in [6.45, 7) is 6.70. The van der Waals surface area contributed by atoms with E-state index in [1.807, 2.05) is 13.2 Å². The van der Waals surface area contributed by atoms with E-state index < -0.39 is 0 Å². The van der Waals surface area contributed by atoms with Gasteiger partial charge < -0.3 is 25.4 Å². The lowest BCUT2D eigenvalue weighted by molar-refractivity contribution is 0.0218. The molecule has 43 heavy (non-hydrogen) atoms. The molecule has 2 fully saturated rings. The van der Waals surface area contributed by atoms with Crippen molar-refractivity contribution in [3.8, 4) is 22.3 Å². The molecule has 10 heteroatoms. The van der Waals surface area contributed by atoms with Gasteiger partial charge in [0.05, 0.1) is 37.6 Å². The zero-order chi connectivity index (χ0) is 29.8. The van der Waals surface area contributed by atoms with Crippen LogP contribution in [0.15, 0.2) is 73.2 Å². The van der Waals surface area contributed by atoms with Gasteiger partial charge in [-0.25, -0.2) is 4.98 Å². The van der Waals surface area contributed by atoms with E-state index in [0.717, 1.165) is 49.4 Å². The Labute approximate surface area is 252 Å². The third kappa shape index (κ3) is 7.11. The van der Waals surface area contributed by atoms with Crippen LogP contribution in [0.3, 0.4) is 0 Å². The number of nitrogen functional groups attached to an aromatic ring is 1. The molecule has 2 aromatic heterocycles. The van der Waals surface area contributed by atoms with Gasteiger partial charge in [-0.05, 0) is 35.4 Å². The summed E-state index contributed by atoms with van der Waals surface area (Å²) in [7, 11) is 4.02. The third-order valence-electron chi connectivity index (χ3n) is 8.25. The number of aromatic nitrogens is 3. The number of anilines is 1. The summed E-state index contributed by atoms with van der Waals surface area (Å²) in [6.07, 6.45) is 4.96. The number of piperazine rings is 1. The Balaban J connectivity index is 1.02. The van der Waals surface area contributed by atoms with Crippen molar-refractivity contribution in [1.82, 2.24) is 29.9 Å². The molecule has 224 valence electrons. The number of benzene rings is 2. The molecule has 2 aromatic carbocycles. The monoisotopic (exact) mass is 581 g/mol. The van der Waals surface area contributed by atoms with Crippen molar-refractivity contribution in [3.63, 3.8) is 0 Å². The highest BCUT2D eigenvalue weighted by molar-refractivity contribution is 5.99. The first-order chi connectivity index (χ1) is 20.9. The molecule has 2 atom stereocenters. The number of hydrogen-bond acceptors (Lipinski definition) is 8. The van der Waals surface area contributed by atoms with Gasteiger partial charge in [-0.2, -0.15) is 5.10 Å². The van der Waals surface area contributed by atoms with Crippen LogP contribution in [0.1, 0.15) is 21.5 Å². The van der Waals surface area contributed by atoms with Crippen LogP contribution >= 0.6 is 0 Å². The third-order valence-corrected chi connectivity index (χ3v) is 8.25. The molecule has 4 aromatic rings. The van der Waals surface area contributed by atoms with Crippen molar-refractivity contribution >= 4 is 11.7 Å². The van der Waals surface area contributed by atoms with E-state index in [0.29, 0.717) is 25.4 Å². The molecule has 4 heterocycles. The van der Waals surface area contributed by atoms with Gasteiger partial charge in [0.2, 0.25) is 0 Å². The van der Waals surface area contributed by atoms with E-state index in [1.54, 1.807) is 23.1 Å². The van der Waals surface area contributed by atoms with E-state index in [-0.39, 0.29) is 23.9 Å². The van der Waals surface area contributed by atoms with Crippen LogP contribution in [-0.2, 0) is 29.7 Å². The SMILES string of the molecule is CN1CCN(Cc2ccc(-c3ccc(COC4COCC4NC(=O)c4cc(-c5cnn(C)c5)cnc4N)cc3)cc2)CC1. The van der Waals surface area contributed by atoms with Gasteiger partial charge in [0.1, 0.15) is 11.9 Å². The van der Waals surface area contributed by atoms with Gasteiger partial charge >= 0.3 is 0 Å². The molecule has 2 aliphatic rings. The van der Waals surface area contributed by atoms with Crippen LogP contribution in [-0.4, -0.2) is 89.1 Å². The molecule has 0 saturated carbocycles. The molecule has 6 rings (SSSR count). The zero-order valence-corrected chi connectivity index (χ0v) is 24.8. The highest BCUT2D eigenvalue weighted by Gasteiger charge is 2.31. The van der Waals surface area contributed by atoms with Crippen LogP contribution in [0.5, 0.6) is 0 Å². The number of nitrogens with zero attached hydrogens (tertiary/aromatic N) is 5. The summed E-state index contributed by atoms with van der Waals surface area (Å²) in [4.78, 5) is 22.3. The molecule has 2 aliphatic heterocycles. The highest BCUT2D eigenvalue weighted by atomic mass is 16.5. The maximum Gasteiger partial charge on any atom is 0.255 e. The number of nitrogens with one attached hydrogen (secondary N) is 1. The number of carbonyl (C=O) groups is 1. The molecule has 0 aliphatic carbocycles. The summed E-state index contributed by atoms with van der Waals surface area (Å²) < 4.78 is 13.6. The second-order valence-electron chi connectivity index (χ2n) is 11.5. The molecule has 1 amide bonds. The molecular formula is C33H39N7O3. The minimum atomic E-state index is -0.307. The number of hydrogen-bond donors (Lipinski definition) is 2. The van der Waals surface area contributed by atoms with Crippen molar-refractivity contribution in [2.24, 2.45) is 7.05 Å². The van der Waals surface area contributed by atoms with Crippen molar-refractivity contribution in [1.29, 1.82) is 0 Å². The number of aryl methyl sites for hydroxylation is 1. The fraction of sp³-hybridized carbons (Fsp3) is 0.364. The average molecular weight is 582 g/mol. The summed E-state index contributed by atoms with van der Waals surface area (Å²) in [5, 5.41) is 7.23. The molecule has 2 saturated heterocycles. The largest absolute Gasteiger partial charge is 0.383 e. The van der Waals surface area contributed by atoms with Crippen LogP contribution in [0.2, 0.25) is 0 Å². The van der Waals surface area contributed by atoms with Gasteiger partial charge in [-0.15, -0.1) is 0 Å². The second kappa shape index (κ2) is 13.0. The number of carbonyl (C=O) groups excluding carboxylic acids is 1. The Morgan fingerprint density at radius 3 is 2.30 bits per heavy atom. The number of rotatable bonds is 9. The van der Waals surface area contributed by atoms with Crippen molar-refractivity contribution in [3.05, 3.63) is 89.9 Å². The molecule has 0 spiro atoms. The normalized spacial score (nSPS) is 19.5. The predicted octanol–water partition coefficient (Wildman–Crippen LogP) is 3.19. The summed E-state index contributed by atoms with van der Waals surface area (Å²) in [5.41, 5.74) is 12.8. The van der Waals surface area contributed by atoms with E-state index in [9.17, 15) is 4.79 Å².